The van der Waals surface area contributed by atoms with Crippen LogP contribution in [0.4, 0.5) is 13.6 Å². The van der Waals surface area contributed by atoms with Crippen molar-refractivity contribution in [3.8, 4) is 0 Å². The molecule has 132 valence electrons. The summed E-state index contributed by atoms with van der Waals surface area (Å²) in [6.07, 6.45) is 1.22. The molecule has 0 aromatic heterocycles. The normalized spacial score (nSPS) is 18.7. The van der Waals surface area contributed by atoms with Gasteiger partial charge in [0.1, 0.15) is 0 Å². The second-order valence-electron chi connectivity index (χ2n) is 6.66. The first-order valence-corrected chi connectivity index (χ1v) is 8.05. The van der Waals surface area contributed by atoms with Crippen LogP contribution in [-0.2, 0) is 5.92 Å². The molecule has 2 rings (SSSR count). The third-order valence-corrected chi connectivity index (χ3v) is 4.18. The first-order valence-electron chi connectivity index (χ1n) is 8.05. The van der Waals surface area contributed by atoms with Gasteiger partial charge in [-0.2, -0.15) is 0 Å². The first-order chi connectivity index (χ1) is 11.2. The molecular weight excluding hydrogens is 314 g/mol. The SMILES string of the molecule is C[C@H]1CC=C(c2cccc(C(F)(F)CCN(C)C)c2)N(C(=O)O)C1. The zero-order chi connectivity index (χ0) is 17.9. The minimum Gasteiger partial charge on any atom is -0.465 e. The predicted molar refractivity (Wildman–Crippen MR) is 90.0 cm³/mol. The number of rotatable bonds is 5. The highest BCUT2D eigenvalue weighted by atomic mass is 19.3. The van der Waals surface area contributed by atoms with Crippen molar-refractivity contribution in [2.24, 2.45) is 5.92 Å². The van der Waals surface area contributed by atoms with E-state index in [-0.39, 0.29) is 24.4 Å². The van der Waals surface area contributed by atoms with Crippen molar-refractivity contribution < 1.29 is 18.7 Å². The fraction of sp³-hybridized carbons (Fsp3) is 0.500. The van der Waals surface area contributed by atoms with Gasteiger partial charge in [0, 0.05) is 25.1 Å². The molecule has 4 nitrogen and oxygen atoms in total. The summed E-state index contributed by atoms with van der Waals surface area (Å²) in [5.41, 5.74) is 0.934. The molecule has 1 atom stereocenters. The summed E-state index contributed by atoms with van der Waals surface area (Å²) >= 11 is 0. The molecule has 0 fully saturated rings. The third-order valence-electron chi connectivity index (χ3n) is 4.18. The standard InChI is InChI=1S/C18H24F2N2O2/c1-13-7-8-16(22(12-13)17(23)24)14-5-4-6-15(11-14)18(19,20)9-10-21(2)3/h4-6,8,11,13H,7,9-10,12H2,1-3H3,(H,23,24)/t13-/m0/s1. The Labute approximate surface area is 141 Å². The zero-order valence-corrected chi connectivity index (χ0v) is 14.3. The highest BCUT2D eigenvalue weighted by Gasteiger charge is 2.32. The molecule has 1 aromatic carbocycles. The average Bonchev–Trinajstić information content (AvgIpc) is 2.53. The maximum Gasteiger partial charge on any atom is 0.411 e. The molecule has 0 spiro atoms. The Hall–Kier alpha value is -1.95. The molecule has 0 aliphatic carbocycles. The van der Waals surface area contributed by atoms with Crippen molar-refractivity contribution in [3.05, 3.63) is 41.5 Å². The second-order valence-corrected chi connectivity index (χ2v) is 6.66. The van der Waals surface area contributed by atoms with Gasteiger partial charge < -0.3 is 10.0 Å². The van der Waals surface area contributed by atoms with Crippen LogP contribution >= 0.6 is 0 Å². The number of hydrogen-bond acceptors (Lipinski definition) is 2. The largest absolute Gasteiger partial charge is 0.465 e. The lowest BCUT2D eigenvalue weighted by Crippen LogP contribution is -2.34. The minimum absolute atomic E-state index is 0.0771. The van der Waals surface area contributed by atoms with E-state index in [1.54, 1.807) is 31.1 Å². The maximum absolute atomic E-state index is 14.4. The summed E-state index contributed by atoms with van der Waals surface area (Å²) in [5.74, 6) is -2.73. The Bertz CT molecular complexity index is 629. The lowest BCUT2D eigenvalue weighted by molar-refractivity contribution is -0.0187. The lowest BCUT2D eigenvalue weighted by Gasteiger charge is -2.30. The molecule has 24 heavy (non-hydrogen) atoms. The molecule has 0 unspecified atom stereocenters. The minimum atomic E-state index is -2.95. The molecule has 6 heteroatoms. The molecule has 1 aromatic rings. The fourth-order valence-electron chi connectivity index (χ4n) is 2.78. The molecule has 1 N–H and O–H groups in total. The second kappa shape index (κ2) is 7.30. The Morgan fingerprint density at radius 1 is 1.42 bits per heavy atom. The number of nitrogens with zero attached hydrogens (tertiary/aromatic N) is 2. The molecule has 0 saturated carbocycles. The molecule has 1 aliphatic rings. The molecule has 0 radical (unpaired) electrons. The molecule has 0 bridgehead atoms. The van der Waals surface area contributed by atoms with Gasteiger partial charge in [-0.15, -0.1) is 0 Å². The van der Waals surface area contributed by atoms with Crippen LogP contribution in [0.2, 0.25) is 0 Å². The smallest absolute Gasteiger partial charge is 0.411 e. The van der Waals surface area contributed by atoms with Gasteiger partial charge >= 0.3 is 6.09 Å². The Balaban J connectivity index is 2.31. The molecule has 1 aliphatic heterocycles. The third kappa shape index (κ3) is 4.32. The molecule has 1 amide bonds. The monoisotopic (exact) mass is 338 g/mol. The highest BCUT2D eigenvalue weighted by Crippen LogP contribution is 2.35. The van der Waals surface area contributed by atoms with Gasteiger partial charge in [-0.25, -0.2) is 13.6 Å². The van der Waals surface area contributed by atoms with Gasteiger partial charge in [-0.3, -0.25) is 4.90 Å². The van der Waals surface area contributed by atoms with Gasteiger partial charge in [0.05, 0.1) is 5.70 Å². The van der Waals surface area contributed by atoms with E-state index in [4.69, 9.17) is 0 Å². The van der Waals surface area contributed by atoms with Crippen LogP contribution in [0.3, 0.4) is 0 Å². The Morgan fingerprint density at radius 2 is 2.12 bits per heavy atom. The van der Waals surface area contributed by atoms with Crippen molar-refractivity contribution in [1.82, 2.24) is 9.80 Å². The number of benzene rings is 1. The molecular formula is C18H24F2N2O2. The average molecular weight is 338 g/mol. The fourth-order valence-corrected chi connectivity index (χ4v) is 2.78. The predicted octanol–water partition coefficient (Wildman–Crippen LogP) is 4.09. The van der Waals surface area contributed by atoms with Crippen molar-refractivity contribution >= 4 is 11.8 Å². The van der Waals surface area contributed by atoms with E-state index >= 15 is 0 Å². The van der Waals surface area contributed by atoms with Crippen LogP contribution in [0.15, 0.2) is 30.3 Å². The number of allylic oxidation sites excluding steroid dienone is 1. The van der Waals surface area contributed by atoms with E-state index in [1.807, 2.05) is 13.0 Å². The van der Waals surface area contributed by atoms with E-state index in [9.17, 15) is 18.7 Å². The van der Waals surface area contributed by atoms with E-state index in [0.717, 1.165) is 6.42 Å². The summed E-state index contributed by atoms with van der Waals surface area (Å²) in [4.78, 5) is 14.4. The van der Waals surface area contributed by atoms with Crippen LogP contribution in [0, 0.1) is 5.92 Å². The Kier molecular flexibility index (Phi) is 5.59. The quantitative estimate of drug-likeness (QED) is 0.879. The van der Waals surface area contributed by atoms with Gasteiger partial charge in [0.15, 0.2) is 0 Å². The lowest BCUT2D eigenvalue weighted by atomic mass is 9.96. The summed E-state index contributed by atoms with van der Waals surface area (Å²) in [6, 6.07) is 6.06. The number of alkyl halides is 2. The topological polar surface area (TPSA) is 43.8 Å². The number of amides is 1. The van der Waals surface area contributed by atoms with Gasteiger partial charge in [-0.1, -0.05) is 31.2 Å². The van der Waals surface area contributed by atoms with Crippen molar-refractivity contribution in [3.63, 3.8) is 0 Å². The van der Waals surface area contributed by atoms with Crippen LogP contribution in [0.1, 0.15) is 30.9 Å². The van der Waals surface area contributed by atoms with Gasteiger partial charge in [0.25, 0.3) is 5.92 Å². The van der Waals surface area contributed by atoms with Crippen molar-refractivity contribution in [2.75, 3.05) is 27.2 Å². The number of carboxylic acid groups (broad SMARTS) is 1. The molecule has 1 heterocycles. The van der Waals surface area contributed by atoms with E-state index in [2.05, 4.69) is 0 Å². The summed E-state index contributed by atoms with van der Waals surface area (Å²) in [6.45, 7) is 2.62. The number of halogens is 2. The Morgan fingerprint density at radius 3 is 2.75 bits per heavy atom. The first kappa shape index (κ1) is 18.4. The summed E-state index contributed by atoms with van der Waals surface area (Å²) in [5, 5.41) is 9.39. The van der Waals surface area contributed by atoms with Gasteiger partial charge in [-0.05, 0) is 38.1 Å². The number of carbonyl (C=O) groups is 1. The van der Waals surface area contributed by atoms with Crippen molar-refractivity contribution in [2.45, 2.75) is 25.7 Å². The van der Waals surface area contributed by atoms with E-state index < -0.39 is 12.0 Å². The highest BCUT2D eigenvalue weighted by molar-refractivity contribution is 5.81. The number of hydrogen-bond donors (Lipinski definition) is 1. The van der Waals surface area contributed by atoms with E-state index in [1.165, 1.54) is 17.0 Å². The molecule has 0 saturated heterocycles. The van der Waals surface area contributed by atoms with Crippen LogP contribution < -0.4 is 0 Å². The van der Waals surface area contributed by atoms with Crippen LogP contribution in [-0.4, -0.2) is 48.2 Å². The summed E-state index contributed by atoms with van der Waals surface area (Å²) < 4.78 is 28.8. The van der Waals surface area contributed by atoms with E-state index in [0.29, 0.717) is 17.8 Å². The van der Waals surface area contributed by atoms with Crippen LogP contribution in [0.25, 0.3) is 5.70 Å². The summed E-state index contributed by atoms with van der Waals surface area (Å²) in [7, 11) is 3.51. The van der Waals surface area contributed by atoms with Crippen LogP contribution in [0.5, 0.6) is 0 Å². The van der Waals surface area contributed by atoms with Gasteiger partial charge in [0.2, 0.25) is 0 Å². The zero-order valence-electron chi connectivity index (χ0n) is 14.3. The van der Waals surface area contributed by atoms with Crippen molar-refractivity contribution in [1.29, 1.82) is 0 Å². The maximum atomic E-state index is 14.4.